The fraction of sp³-hybridized carbons (Fsp3) is 0.917. The van der Waals surface area contributed by atoms with Crippen LogP contribution in [0.25, 0.3) is 0 Å². The summed E-state index contributed by atoms with van der Waals surface area (Å²) in [6.07, 6.45) is 2.95. The molecule has 2 unspecified atom stereocenters. The Balaban J connectivity index is 3.74. The highest BCUT2D eigenvalue weighted by Crippen LogP contribution is 1.96. The van der Waals surface area contributed by atoms with Crippen molar-refractivity contribution in [3.05, 3.63) is 0 Å². The van der Waals surface area contributed by atoms with Gasteiger partial charge in [-0.05, 0) is 41.2 Å². The van der Waals surface area contributed by atoms with Gasteiger partial charge in [0.15, 0.2) is 0 Å². The molecule has 0 amide bonds. The average Bonchev–Trinajstić information content (AvgIpc) is 2.17. The molecular weight excluding hydrogens is 186 g/mol. The van der Waals surface area contributed by atoms with Gasteiger partial charge in [0.05, 0.1) is 6.34 Å². The summed E-state index contributed by atoms with van der Waals surface area (Å²) >= 11 is 0. The van der Waals surface area contributed by atoms with Gasteiger partial charge >= 0.3 is 0 Å². The molecule has 0 heterocycles. The lowest BCUT2D eigenvalue weighted by Gasteiger charge is -2.24. The third kappa shape index (κ3) is 7.37. The van der Waals surface area contributed by atoms with E-state index in [4.69, 9.17) is 0 Å². The number of nitrogens with one attached hydrogen (secondary N) is 1. The van der Waals surface area contributed by atoms with E-state index in [2.05, 4.69) is 56.9 Å². The van der Waals surface area contributed by atoms with Gasteiger partial charge in [-0.2, -0.15) is 0 Å². The number of hydrogen-bond donors (Lipinski definition) is 1. The molecule has 0 radical (unpaired) electrons. The molecule has 0 saturated heterocycles. The predicted octanol–water partition coefficient (Wildman–Crippen LogP) is 2.13. The van der Waals surface area contributed by atoms with E-state index in [9.17, 15) is 0 Å². The van der Waals surface area contributed by atoms with E-state index in [1.54, 1.807) is 0 Å². The number of aliphatic imine (C=N–C) groups is 1. The molecular formula is C12H27N3. The Morgan fingerprint density at radius 1 is 1.27 bits per heavy atom. The highest BCUT2D eigenvalue weighted by atomic mass is 15.1. The molecule has 0 aliphatic rings. The summed E-state index contributed by atoms with van der Waals surface area (Å²) in [7, 11) is 2.15. The van der Waals surface area contributed by atoms with Crippen molar-refractivity contribution in [1.82, 2.24) is 10.2 Å². The van der Waals surface area contributed by atoms with Gasteiger partial charge in [-0.15, -0.1) is 0 Å². The van der Waals surface area contributed by atoms with E-state index < -0.39 is 0 Å². The minimum absolute atomic E-state index is 0.424. The summed E-state index contributed by atoms with van der Waals surface area (Å²) in [5, 5.41) is 3.30. The number of hydrogen-bond acceptors (Lipinski definition) is 2. The van der Waals surface area contributed by atoms with Crippen LogP contribution in [0.2, 0.25) is 0 Å². The molecule has 2 atom stereocenters. The lowest BCUT2D eigenvalue weighted by atomic mass is 10.2. The Hall–Kier alpha value is -0.570. The Morgan fingerprint density at radius 2 is 1.87 bits per heavy atom. The van der Waals surface area contributed by atoms with Crippen molar-refractivity contribution in [3.8, 4) is 0 Å². The zero-order chi connectivity index (χ0) is 11.8. The Kier molecular flexibility index (Phi) is 7.39. The van der Waals surface area contributed by atoms with Crippen molar-refractivity contribution >= 4 is 6.34 Å². The molecule has 0 aromatic heterocycles. The van der Waals surface area contributed by atoms with Crippen LogP contribution in [0.1, 0.15) is 41.0 Å². The van der Waals surface area contributed by atoms with Crippen LogP contribution >= 0.6 is 0 Å². The first-order valence-corrected chi connectivity index (χ1v) is 5.95. The van der Waals surface area contributed by atoms with E-state index >= 15 is 0 Å². The molecule has 0 spiro atoms. The Bertz CT molecular complexity index is 178. The Labute approximate surface area is 95.0 Å². The second kappa shape index (κ2) is 7.69. The molecule has 0 aliphatic heterocycles. The second-order valence-electron chi connectivity index (χ2n) is 4.64. The van der Waals surface area contributed by atoms with Crippen LogP contribution < -0.4 is 5.32 Å². The normalized spacial score (nSPS) is 16.3. The number of likely N-dealkylation sites (N-methyl/N-ethyl adjacent to an activating group) is 1. The largest absolute Gasteiger partial charge is 0.373 e. The lowest BCUT2D eigenvalue weighted by Crippen LogP contribution is -2.39. The minimum Gasteiger partial charge on any atom is -0.373 e. The molecule has 0 fully saturated rings. The van der Waals surface area contributed by atoms with Crippen molar-refractivity contribution in [2.24, 2.45) is 4.99 Å². The van der Waals surface area contributed by atoms with Crippen molar-refractivity contribution < 1.29 is 0 Å². The van der Waals surface area contributed by atoms with Crippen molar-refractivity contribution in [2.75, 3.05) is 13.6 Å². The van der Waals surface area contributed by atoms with Gasteiger partial charge in [-0.1, -0.05) is 6.92 Å². The van der Waals surface area contributed by atoms with Crippen LogP contribution in [-0.2, 0) is 0 Å². The maximum atomic E-state index is 4.38. The van der Waals surface area contributed by atoms with Crippen LogP contribution in [0.3, 0.4) is 0 Å². The molecule has 1 N–H and O–H groups in total. The molecule has 90 valence electrons. The van der Waals surface area contributed by atoms with E-state index in [0.29, 0.717) is 18.1 Å². The molecule has 15 heavy (non-hydrogen) atoms. The van der Waals surface area contributed by atoms with Gasteiger partial charge in [-0.25, -0.2) is 0 Å². The smallest absolute Gasteiger partial charge is 0.0829 e. The van der Waals surface area contributed by atoms with Crippen LogP contribution in [0.15, 0.2) is 4.99 Å². The van der Waals surface area contributed by atoms with Crippen molar-refractivity contribution in [1.29, 1.82) is 0 Å². The first-order valence-electron chi connectivity index (χ1n) is 5.95. The SMILES string of the molecule is CCC(C)N=CNC(C)CN(C)C(C)C. The van der Waals surface area contributed by atoms with Crippen LogP contribution in [0.4, 0.5) is 0 Å². The van der Waals surface area contributed by atoms with Crippen LogP contribution in [0, 0.1) is 0 Å². The average molecular weight is 213 g/mol. The summed E-state index contributed by atoms with van der Waals surface area (Å²) in [4.78, 5) is 6.71. The number of nitrogens with zero attached hydrogens (tertiary/aromatic N) is 2. The van der Waals surface area contributed by atoms with E-state index in [1.807, 2.05) is 6.34 Å². The summed E-state index contributed by atoms with van der Waals surface area (Å²) in [5.41, 5.74) is 0. The summed E-state index contributed by atoms with van der Waals surface area (Å²) in [6.45, 7) is 11.9. The molecule has 0 aliphatic carbocycles. The minimum atomic E-state index is 0.424. The maximum absolute atomic E-state index is 4.38. The lowest BCUT2D eigenvalue weighted by molar-refractivity contribution is 0.256. The third-order valence-corrected chi connectivity index (χ3v) is 2.72. The summed E-state index contributed by atoms with van der Waals surface area (Å²) < 4.78 is 0. The third-order valence-electron chi connectivity index (χ3n) is 2.72. The highest BCUT2D eigenvalue weighted by Gasteiger charge is 2.07. The molecule has 0 saturated carbocycles. The molecule has 0 rings (SSSR count). The maximum Gasteiger partial charge on any atom is 0.0829 e. The molecule has 0 aromatic rings. The van der Waals surface area contributed by atoms with Gasteiger partial charge in [-0.3, -0.25) is 4.99 Å². The fourth-order valence-corrected chi connectivity index (χ4v) is 1.10. The van der Waals surface area contributed by atoms with Gasteiger partial charge in [0.2, 0.25) is 0 Å². The molecule has 0 aromatic carbocycles. The quantitative estimate of drug-likeness (QED) is 0.518. The van der Waals surface area contributed by atoms with Crippen LogP contribution in [-0.4, -0.2) is 43.0 Å². The highest BCUT2D eigenvalue weighted by molar-refractivity contribution is 5.54. The summed E-state index contributed by atoms with van der Waals surface area (Å²) in [6, 6.07) is 1.47. The zero-order valence-electron chi connectivity index (χ0n) is 11.1. The first kappa shape index (κ1) is 14.4. The number of rotatable bonds is 7. The summed E-state index contributed by atoms with van der Waals surface area (Å²) in [5.74, 6) is 0. The van der Waals surface area contributed by atoms with E-state index in [1.165, 1.54) is 0 Å². The predicted molar refractivity (Wildman–Crippen MR) is 68.6 cm³/mol. The van der Waals surface area contributed by atoms with Gasteiger partial charge in [0.1, 0.15) is 0 Å². The molecule has 3 heteroatoms. The van der Waals surface area contributed by atoms with Gasteiger partial charge < -0.3 is 10.2 Å². The van der Waals surface area contributed by atoms with E-state index in [-0.39, 0.29) is 0 Å². The van der Waals surface area contributed by atoms with Gasteiger partial charge in [0, 0.05) is 24.7 Å². The van der Waals surface area contributed by atoms with E-state index in [0.717, 1.165) is 13.0 Å². The molecule has 0 bridgehead atoms. The monoisotopic (exact) mass is 213 g/mol. The molecule has 3 nitrogen and oxygen atoms in total. The topological polar surface area (TPSA) is 27.6 Å². The van der Waals surface area contributed by atoms with Crippen LogP contribution in [0.5, 0.6) is 0 Å². The fourth-order valence-electron chi connectivity index (χ4n) is 1.10. The van der Waals surface area contributed by atoms with Gasteiger partial charge in [0.25, 0.3) is 0 Å². The zero-order valence-corrected chi connectivity index (χ0v) is 11.1. The standard InChI is InChI=1S/C12H27N3/c1-7-11(4)13-9-14-12(5)8-15(6)10(2)3/h9-12H,7-8H2,1-6H3,(H,13,14). The first-order chi connectivity index (χ1) is 6.97. The van der Waals surface area contributed by atoms with Crippen molar-refractivity contribution in [3.63, 3.8) is 0 Å². The Morgan fingerprint density at radius 3 is 2.33 bits per heavy atom. The second-order valence-corrected chi connectivity index (χ2v) is 4.64. The van der Waals surface area contributed by atoms with Crippen molar-refractivity contribution in [2.45, 2.75) is 59.2 Å².